The van der Waals surface area contributed by atoms with Crippen molar-refractivity contribution in [1.29, 1.82) is 0 Å². The summed E-state index contributed by atoms with van der Waals surface area (Å²) in [5, 5.41) is 7.17. The standard InChI is InChI=1S/C29H26FN5O/c1-19-14-26-27(15-20(19)2)35(18-31-26)17-21-4-11-25(12-5-21)33-28(36)13-8-23-16-32-34(3)29(23)22-6-9-24(30)10-7-22/h4-16,18H,17H2,1-3H3,(H,33,36)/b13-8+. The largest absolute Gasteiger partial charge is 0.326 e. The normalized spacial score (nSPS) is 11.4. The monoisotopic (exact) mass is 479 g/mol. The van der Waals surface area contributed by atoms with Gasteiger partial charge in [0.05, 0.1) is 29.3 Å². The van der Waals surface area contributed by atoms with Crippen molar-refractivity contribution in [2.24, 2.45) is 7.05 Å². The highest BCUT2D eigenvalue weighted by molar-refractivity contribution is 6.02. The predicted octanol–water partition coefficient (Wildman–Crippen LogP) is 5.89. The Morgan fingerprint density at radius 1 is 1.03 bits per heavy atom. The quantitative estimate of drug-likeness (QED) is 0.309. The van der Waals surface area contributed by atoms with Crippen molar-refractivity contribution in [2.75, 3.05) is 5.32 Å². The number of anilines is 1. The molecule has 0 spiro atoms. The van der Waals surface area contributed by atoms with E-state index in [1.165, 1.54) is 29.3 Å². The first-order valence-electron chi connectivity index (χ1n) is 11.7. The summed E-state index contributed by atoms with van der Waals surface area (Å²) < 4.78 is 17.1. The third kappa shape index (κ3) is 4.81. The second kappa shape index (κ2) is 9.62. The molecule has 0 aliphatic carbocycles. The molecule has 3 aromatic carbocycles. The summed E-state index contributed by atoms with van der Waals surface area (Å²) in [7, 11) is 1.81. The minimum Gasteiger partial charge on any atom is -0.326 e. The minimum atomic E-state index is -0.299. The maximum atomic E-state index is 13.3. The fourth-order valence-corrected chi connectivity index (χ4v) is 4.22. The highest BCUT2D eigenvalue weighted by Gasteiger charge is 2.10. The van der Waals surface area contributed by atoms with Crippen molar-refractivity contribution in [3.63, 3.8) is 0 Å². The summed E-state index contributed by atoms with van der Waals surface area (Å²) in [6, 6.07) is 18.3. The highest BCUT2D eigenvalue weighted by atomic mass is 19.1. The molecule has 0 saturated heterocycles. The van der Waals surface area contributed by atoms with Crippen LogP contribution in [0.2, 0.25) is 0 Å². The zero-order valence-corrected chi connectivity index (χ0v) is 20.4. The Hall–Kier alpha value is -4.52. The molecule has 2 heterocycles. The molecule has 0 bridgehead atoms. The molecule has 1 N–H and O–H groups in total. The molecule has 0 fully saturated rings. The number of aryl methyl sites for hydroxylation is 3. The van der Waals surface area contributed by atoms with E-state index < -0.39 is 0 Å². The average Bonchev–Trinajstić information content (AvgIpc) is 3.42. The van der Waals surface area contributed by atoms with Crippen LogP contribution >= 0.6 is 0 Å². The van der Waals surface area contributed by atoms with Gasteiger partial charge in [-0.05, 0) is 85.1 Å². The Labute approximate surface area is 208 Å². The van der Waals surface area contributed by atoms with E-state index in [2.05, 4.69) is 45.9 Å². The average molecular weight is 480 g/mol. The number of amides is 1. The molecule has 0 saturated carbocycles. The van der Waals surface area contributed by atoms with Crippen LogP contribution in [0, 0.1) is 19.7 Å². The molecule has 2 aromatic heterocycles. The van der Waals surface area contributed by atoms with Gasteiger partial charge in [-0.15, -0.1) is 0 Å². The van der Waals surface area contributed by atoms with Crippen LogP contribution in [0.25, 0.3) is 28.4 Å². The molecule has 0 radical (unpaired) electrons. The number of nitrogens with zero attached hydrogens (tertiary/aromatic N) is 4. The number of fused-ring (bicyclic) bond motifs is 1. The second-order valence-corrected chi connectivity index (χ2v) is 8.90. The van der Waals surface area contributed by atoms with E-state index in [-0.39, 0.29) is 11.7 Å². The molecule has 6 nitrogen and oxygen atoms in total. The van der Waals surface area contributed by atoms with Crippen LogP contribution in [0.1, 0.15) is 22.3 Å². The van der Waals surface area contributed by atoms with E-state index in [9.17, 15) is 9.18 Å². The van der Waals surface area contributed by atoms with Gasteiger partial charge in [0.15, 0.2) is 0 Å². The number of hydrogen-bond acceptors (Lipinski definition) is 3. The summed E-state index contributed by atoms with van der Waals surface area (Å²) in [6.07, 6.45) is 6.73. The Morgan fingerprint density at radius 3 is 2.50 bits per heavy atom. The fraction of sp³-hybridized carbons (Fsp3) is 0.138. The van der Waals surface area contributed by atoms with Gasteiger partial charge in [-0.25, -0.2) is 9.37 Å². The first-order chi connectivity index (χ1) is 17.4. The maximum absolute atomic E-state index is 13.3. The van der Waals surface area contributed by atoms with Gasteiger partial charge in [-0.2, -0.15) is 5.10 Å². The smallest absolute Gasteiger partial charge is 0.248 e. The summed E-state index contributed by atoms with van der Waals surface area (Å²) in [4.78, 5) is 17.1. The Balaban J connectivity index is 1.26. The molecule has 180 valence electrons. The zero-order chi connectivity index (χ0) is 25.2. The third-order valence-corrected chi connectivity index (χ3v) is 6.31. The Kier molecular flexibility index (Phi) is 6.21. The van der Waals surface area contributed by atoms with Crippen LogP contribution in [0.5, 0.6) is 0 Å². The summed E-state index contributed by atoms with van der Waals surface area (Å²) in [6.45, 7) is 4.90. The summed E-state index contributed by atoms with van der Waals surface area (Å²) in [5.74, 6) is -0.546. The molecule has 0 aliphatic rings. The second-order valence-electron chi connectivity index (χ2n) is 8.90. The predicted molar refractivity (Wildman–Crippen MR) is 141 cm³/mol. The van der Waals surface area contributed by atoms with Crippen LogP contribution in [0.15, 0.2) is 79.3 Å². The van der Waals surface area contributed by atoms with Crippen LogP contribution in [0.3, 0.4) is 0 Å². The molecular formula is C29H26FN5O. The van der Waals surface area contributed by atoms with Crippen LogP contribution in [0.4, 0.5) is 10.1 Å². The number of hydrogen-bond donors (Lipinski definition) is 1. The summed E-state index contributed by atoms with van der Waals surface area (Å²) >= 11 is 0. The number of nitrogens with one attached hydrogen (secondary N) is 1. The summed E-state index contributed by atoms with van der Waals surface area (Å²) in [5.41, 5.74) is 8.79. The van der Waals surface area contributed by atoms with Crippen molar-refractivity contribution >= 4 is 28.7 Å². The highest BCUT2D eigenvalue weighted by Crippen LogP contribution is 2.25. The fourth-order valence-electron chi connectivity index (χ4n) is 4.22. The van der Waals surface area contributed by atoms with Gasteiger partial charge in [0.2, 0.25) is 5.91 Å². The Bertz CT molecular complexity index is 1580. The molecule has 7 heteroatoms. The molecule has 1 amide bonds. The van der Waals surface area contributed by atoms with Gasteiger partial charge in [-0.3, -0.25) is 9.48 Å². The van der Waals surface area contributed by atoms with Crippen molar-refractivity contribution in [2.45, 2.75) is 20.4 Å². The van der Waals surface area contributed by atoms with E-state index in [1.54, 1.807) is 29.1 Å². The lowest BCUT2D eigenvalue weighted by Gasteiger charge is -2.08. The topological polar surface area (TPSA) is 64.7 Å². The number of benzene rings is 3. The van der Waals surface area contributed by atoms with Gasteiger partial charge < -0.3 is 9.88 Å². The molecule has 0 atom stereocenters. The zero-order valence-electron chi connectivity index (χ0n) is 20.4. The van der Waals surface area contributed by atoms with Crippen molar-refractivity contribution in [3.8, 4) is 11.3 Å². The van der Waals surface area contributed by atoms with E-state index >= 15 is 0 Å². The van der Waals surface area contributed by atoms with E-state index in [4.69, 9.17) is 0 Å². The number of imidazole rings is 1. The minimum absolute atomic E-state index is 0.247. The number of aromatic nitrogens is 4. The van der Waals surface area contributed by atoms with E-state index in [1.807, 2.05) is 37.6 Å². The molecule has 0 aliphatic heterocycles. The molecular weight excluding hydrogens is 453 g/mol. The SMILES string of the molecule is Cc1cc2ncn(Cc3ccc(NC(=O)/C=C/c4cnn(C)c4-c4ccc(F)cc4)cc3)c2cc1C. The molecule has 36 heavy (non-hydrogen) atoms. The third-order valence-electron chi connectivity index (χ3n) is 6.31. The van der Waals surface area contributed by atoms with E-state index in [0.717, 1.165) is 33.4 Å². The lowest BCUT2D eigenvalue weighted by Crippen LogP contribution is -2.08. The molecule has 5 aromatic rings. The number of carbonyl (C=O) groups excluding carboxylic acids is 1. The lowest BCUT2D eigenvalue weighted by molar-refractivity contribution is -0.111. The Morgan fingerprint density at radius 2 is 1.75 bits per heavy atom. The molecule has 5 rings (SSSR count). The lowest BCUT2D eigenvalue weighted by atomic mass is 10.1. The van der Waals surface area contributed by atoms with Crippen molar-refractivity contribution < 1.29 is 9.18 Å². The van der Waals surface area contributed by atoms with Gasteiger partial charge >= 0.3 is 0 Å². The van der Waals surface area contributed by atoms with Gasteiger partial charge in [-0.1, -0.05) is 12.1 Å². The van der Waals surface area contributed by atoms with Gasteiger partial charge in [0.25, 0.3) is 0 Å². The van der Waals surface area contributed by atoms with Crippen molar-refractivity contribution in [3.05, 3.63) is 107 Å². The van der Waals surface area contributed by atoms with Crippen LogP contribution in [-0.4, -0.2) is 25.2 Å². The van der Waals surface area contributed by atoms with Gasteiger partial charge in [0, 0.05) is 36.5 Å². The number of halogens is 1. The van der Waals surface area contributed by atoms with Crippen LogP contribution in [-0.2, 0) is 18.4 Å². The number of rotatable bonds is 6. The first-order valence-corrected chi connectivity index (χ1v) is 11.7. The maximum Gasteiger partial charge on any atom is 0.248 e. The molecule has 0 unspecified atom stereocenters. The van der Waals surface area contributed by atoms with Crippen LogP contribution < -0.4 is 5.32 Å². The van der Waals surface area contributed by atoms with Crippen molar-refractivity contribution in [1.82, 2.24) is 19.3 Å². The number of carbonyl (C=O) groups is 1. The van der Waals surface area contributed by atoms with E-state index in [0.29, 0.717) is 12.2 Å². The first kappa shape index (κ1) is 23.2. The van der Waals surface area contributed by atoms with Gasteiger partial charge in [0.1, 0.15) is 5.82 Å².